The number of nitrogens with two attached hydrogens (primary N) is 1. The second-order valence-corrected chi connectivity index (χ2v) is 4.57. The zero-order valence-corrected chi connectivity index (χ0v) is 11.4. The largest absolute Gasteiger partial charge is 0.478 e. The van der Waals surface area contributed by atoms with Gasteiger partial charge in [0.2, 0.25) is 0 Å². The number of nitrogens with one attached hydrogen (secondary N) is 2. The van der Waals surface area contributed by atoms with Gasteiger partial charge in [-0.2, -0.15) is 0 Å². The molecule has 0 radical (unpaired) electrons. The summed E-state index contributed by atoms with van der Waals surface area (Å²) in [5, 5.41) is 16.1. The van der Waals surface area contributed by atoms with E-state index in [1.54, 1.807) is 12.1 Å². The molecule has 110 valence electrons. The van der Waals surface area contributed by atoms with Crippen LogP contribution in [-0.4, -0.2) is 30.2 Å². The molecular formula is C15H17N3O3. The number of fused-ring (bicyclic) bond motifs is 1. The van der Waals surface area contributed by atoms with Crippen LogP contribution in [0.25, 0.3) is 10.8 Å². The molecule has 0 saturated carbocycles. The number of carboxylic acid groups (broad SMARTS) is 1. The summed E-state index contributed by atoms with van der Waals surface area (Å²) in [6.07, 6.45) is 0.664. The third kappa shape index (κ3) is 3.70. The zero-order chi connectivity index (χ0) is 15.2. The van der Waals surface area contributed by atoms with Crippen LogP contribution < -0.4 is 16.4 Å². The van der Waals surface area contributed by atoms with Crippen LogP contribution >= 0.6 is 0 Å². The average Bonchev–Trinajstić information content (AvgIpc) is 2.46. The van der Waals surface area contributed by atoms with E-state index in [0.29, 0.717) is 19.5 Å². The smallest absolute Gasteiger partial charge is 0.337 e. The highest BCUT2D eigenvalue weighted by Crippen LogP contribution is 2.24. The minimum atomic E-state index is -1.09. The van der Waals surface area contributed by atoms with Crippen LogP contribution in [0.3, 0.4) is 0 Å². The molecule has 0 aliphatic heterocycles. The molecule has 5 N–H and O–H groups in total. The van der Waals surface area contributed by atoms with Crippen molar-refractivity contribution in [3.8, 4) is 0 Å². The fraction of sp³-hybridized carbons (Fsp3) is 0.200. The first-order valence-electron chi connectivity index (χ1n) is 6.63. The van der Waals surface area contributed by atoms with Gasteiger partial charge in [-0.3, -0.25) is 0 Å². The van der Waals surface area contributed by atoms with Crippen LogP contribution in [0.5, 0.6) is 0 Å². The molecule has 0 bridgehead atoms. The first-order valence-corrected chi connectivity index (χ1v) is 6.63. The van der Waals surface area contributed by atoms with Gasteiger partial charge < -0.3 is 21.5 Å². The summed E-state index contributed by atoms with van der Waals surface area (Å²) in [4.78, 5) is 23.1. The first-order chi connectivity index (χ1) is 10.1. The highest BCUT2D eigenvalue weighted by Gasteiger charge is 2.13. The molecule has 0 saturated heterocycles. The SMILES string of the molecule is NCCCNC(=O)Nc1cc2ccccc2cc1C(=O)O. The van der Waals surface area contributed by atoms with Gasteiger partial charge in [-0.25, -0.2) is 9.59 Å². The van der Waals surface area contributed by atoms with E-state index in [-0.39, 0.29) is 11.3 Å². The number of rotatable bonds is 5. The maximum Gasteiger partial charge on any atom is 0.337 e. The van der Waals surface area contributed by atoms with Crippen molar-refractivity contribution < 1.29 is 14.7 Å². The number of anilines is 1. The lowest BCUT2D eigenvalue weighted by Gasteiger charge is -2.11. The summed E-state index contributed by atoms with van der Waals surface area (Å²) < 4.78 is 0. The van der Waals surface area contributed by atoms with E-state index in [2.05, 4.69) is 10.6 Å². The lowest BCUT2D eigenvalue weighted by atomic mass is 10.0. The molecule has 0 fully saturated rings. The van der Waals surface area contributed by atoms with E-state index >= 15 is 0 Å². The maximum absolute atomic E-state index is 11.7. The number of carbonyl (C=O) groups excluding carboxylic acids is 1. The molecule has 0 atom stereocenters. The van der Waals surface area contributed by atoms with Gasteiger partial charge >= 0.3 is 12.0 Å². The number of benzene rings is 2. The van der Waals surface area contributed by atoms with Gasteiger partial charge in [0.1, 0.15) is 0 Å². The van der Waals surface area contributed by atoms with E-state index in [9.17, 15) is 14.7 Å². The van der Waals surface area contributed by atoms with Crippen LogP contribution in [0, 0.1) is 0 Å². The Balaban J connectivity index is 2.26. The quantitative estimate of drug-likeness (QED) is 0.631. The molecule has 2 rings (SSSR count). The molecule has 0 aromatic heterocycles. The van der Waals surface area contributed by atoms with E-state index in [0.717, 1.165) is 10.8 Å². The maximum atomic E-state index is 11.7. The molecular weight excluding hydrogens is 270 g/mol. The van der Waals surface area contributed by atoms with Gasteiger partial charge in [-0.15, -0.1) is 0 Å². The number of amides is 2. The van der Waals surface area contributed by atoms with Crippen LogP contribution in [0.15, 0.2) is 36.4 Å². The summed E-state index contributed by atoms with van der Waals surface area (Å²) in [5.41, 5.74) is 5.67. The first kappa shape index (κ1) is 14.8. The Labute approximate surface area is 121 Å². The Morgan fingerprint density at radius 1 is 1.14 bits per heavy atom. The second kappa shape index (κ2) is 6.71. The van der Waals surface area contributed by atoms with Crippen LogP contribution in [0.4, 0.5) is 10.5 Å². The molecule has 2 aromatic carbocycles. The average molecular weight is 287 g/mol. The molecule has 6 heteroatoms. The van der Waals surface area contributed by atoms with Crippen molar-refractivity contribution in [3.63, 3.8) is 0 Å². The minimum absolute atomic E-state index is 0.0580. The van der Waals surface area contributed by atoms with Gasteiger partial charge in [0, 0.05) is 6.54 Å². The Morgan fingerprint density at radius 3 is 2.43 bits per heavy atom. The fourth-order valence-electron chi connectivity index (χ4n) is 1.99. The van der Waals surface area contributed by atoms with Crippen molar-refractivity contribution >= 4 is 28.5 Å². The molecule has 6 nitrogen and oxygen atoms in total. The van der Waals surface area contributed by atoms with E-state index in [1.165, 1.54) is 0 Å². The standard InChI is InChI=1S/C15H17N3O3/c16-6-3-7-17-15(21)18-13-9-11-5-2-1-4-10(11)8-12(13)14(19)20/h1-2,4-5,8-9H,3,6-7,16H2,(H,19,20)(H2,17,18,21). The fourth-order valence-corrected chi connectivity index (χ4v) is 1.99. The lowest BCUT2D eigenvalue weighted by molar-refractivity contribution is 0.0698. The molecule has 2 aromatic rings. The van der Waals surface area contributed by atoms with Crippen molar-refractivity contribution in [2.45, 2.75) is 6.42 Å². The van der Waals surface area contributed by atoms with Crippen LogP contribution in [0.1, 0.15) is 16.8 Å². The van der Waals surface area contributed by atoms with Gasteiger partial charge in [-0.05, 0) is 35.9 Å². The topological polar surface area (TPSA) is 104 Å². The monoisotopic (exact) mass is 287 g/mol. The molecule has 0 aliphatic carbocycles. The number of carbonyl (C=O) groups is 2. The Morgan fingerprint density at radius 2 is 1.81 bits per heavy atom. The Hall–Kier alpha value is -2.60. The van der Waals surface area contributed by atoms with E-state index in [1.807, 2.05) is 24.3 Å². The summed E-state index contributed by atoms with van der Waals surface area (Å²) in [6, 6.07) is 10.1. The second-order valence-electron chi connectivity index (χ2n) is 4.57. The van der Waals surface area contributed by atoms with Crippen molar-refractivity contribution in [1.29, 1.82) is 0 Å². The summed E-state index contributed by atoms with van der Waals surface area (Å²) in [7, 11) is 0. The lowest BCUT2D eigenvalue weighted by Crippen LogP contribution is -2.31. The summed E-state index contributed by atoms with van der Waals surface area (Å²) in [5.74, 6) is -1.09. The van der Waals surface area contributed by atoms with E-state index in [4.69, 9.17) is 5.73 Å². The number of urea groups is 1. The molecule has 0 spiro atoms. The Kier molecular flexibility index (Phi) is 4.73. The van der Waals surface area contributed by atoms with Crippen molar-refractivity contribution in [3.05, 3.63) is 42.0 Å². The normalized spacial score (nSPS) is 10.3. The van der Waals surface area contributed by atoms with Crippen molar-refractivity contribution in [2.24, 2.45) is 5.73 Å². The van der Waals surface area contributed by atoms with Crippen LogP contribution in [-0.2, 0) is 0 Å². The molecule has 0 aliphatic rings. The van der Waals surface area contributed by atoms with Crippen LogP contribution in [0.2, 0.25) is 0 Å². The van der Waals surface area contributed by atoms with Gasteiger partial charge in [0.05, 0.1) is 11.3 Å². The Bertz CT molecular complexity index is 670. The summed E-state index contributed by atoms with van der Waals surface area (Å²) in [6.45, 7) is 0.926. The van der Waals surface area contributed by atoms with Gasteiger partial charge in [-0.1, -0.05) is 24.3 Å². The van der Waals surface area contributed by atoms with Gasteiger partial charge in [0.25, 0.3) is 0 Å². The number of hydrogen-bond donors (Lipinski definition) is 4. The predicted molar refractivity (Wildman–Crippen MR) is 81.6 cm³/mol. The number of hydrogen-bond acceptors (Lipinski definition) is 3. The molecule has 0 unspecified atom stereocenters. The molecule has 21 heavy (non-hydrogen) atoms. The van der Waals surface area contributed by atoms with Gasteiger partial charge in [0.15, 0.2) is 0 Å². The predicted octanol–water partition coefficient (Wildman–Crippen LogP) is 2.01. The summed E-state index contributed by atoms with van der Waals surface area (Å²) >= 11 is 0. The third-order valence-corrected chi connectivity index (χ3v) is 3.03. The number of aromatic carboxylic acids is 1. The minimum Gasteiger partial charge on any atom is -0.478 e. The highest BCUT2D eigenvalue weighted by molar-refractivity contribution is 6.04. The van der Waals surface area contributed by atoms with Crippen molar-refractivity contribution in [2.75, 3.05) is 18.4 Å². The molecule has 2 amide bonds. The number of carboxylic acids is 1. The molecule has 0 heterocycles. The van der Waals surface area contributed by atoms with Crippen molar-refractivity contribution in [1.82, 2.24) is 5.32 Å². The zero-order valence-electron chi connectivity index (χ0n) is 11.4. The highest BCUT2D eigenvalue weighted by atomic mass is 16.4. The van der Waals surface area contributed by atoms with E-state index < -0.39 is 12.0 Å². The third-order valence-electron chi connectivity index (χ3n) is 3.03.